The Morgan fingerprint density at radius 2 is 2.00 bits per heavy atom. The molecule has 20 heavy (non-hydrogen) atoms. The van der Waals surface area contributed by atoms with E-state index in [9.17, 15) is 0 Å². The molecule has 0 saturated heterocycles. The lowest BCUT2D eigenvalue weighted by Gasteiger charge is -2.26. The summed E-state index contributed by atoms with van der Waals surface area (Å²) in [7, 11) is 1.65. The molecule has 0 fully saturated rings. The zero-order valence-electron chi connectivity index (χ0n) is 12.4. The molecule has 1 heterocycles. The molecule has 0 bridgehead atoms. The number of para-hydroxylation sites is 1. The number of nitrogens with two attached hydrogens (primary N) is 1. The summed E-state index contributed by atoms with van der Waals surface area (Å²) in [5.41, 5.74) is 7.53. The number of nitrogen functional groups attached to an aromatic ring is 1. The SMILES string of the molecule is COC(c1noc(Cc2ccccc2N)n1)C(C)(C)C. The van der Waals surface area contributed by atoms with E-state index < -0.39 is 0 Å². The maximum atomic E-state index is 5.92. The zero-order valence-corrected chi connectivity index (χ0v) is 12.4. The molecular formula is C15H21N3O2. The van der Waals surface area contributed by atoms with Crippen LogP contribution in [0.1, 0.15) is 44.2 Å². The van der Waals surface area contributed by atoms with E-state index in [0.717, 1.165) is 11.3 Å². The number of aromatic nitrogens is 2. The van der Waals surface area contributed by atoms with Gasteiger partial charge in [-0.25, -0.2) is 0 Å². The van der Waals surface area contributed by atoms with Crippen LogP contribution in [0, 0.1) is 5.41 Å². The summed E-state index contributed by atoms with van der Waals surface area (Å²) in [6, 6.07) is 7.66. The summed E-state index contributed by atoms with van der Waals surface area (Å²) < 4.78 is 10.8. The van der Waals surface area contributed by atoms with Crippen molar-refractivity contribution in [3.63, 3.8) is 0 Å². The number of anilines is 1. The van der Waals surface area contributed by atoms with Crippen LogP contribution in [0.5, 0.6) is 0 Å². The molecule has 1 aromatic heterocycles. The van der Waals surface area contributed by atoms with E-state index in [1.54, 1.807) is 7.11 Å². The van der Waals surface area contributed by atoms with Crippen LogP contribution in [0.2, 0.25) is 0 Å². The highest BCUT2D eigenvalue weighted by Gasteiger charge is 2.30. The summed E-state index contributed by atoms with van der Waals surface area (Å²) in [5.74, 6) is 1.12. The molecule has 0 spiro atoms. The van der Waals surface area contributed by atoms with E-state index in [2.05, 4.69) is 30.9 Å². The Morgan fingerprint density at radius 1 is 1.30 bits per heavy atom. The molecule has 0 amide bonds. The van der Waals surface area contributed by atoms with Gasteiger partial charge in [-0.05, 0) is 17.0 Å². The molecule has 0 aliphatic heterocycles. The smallest absolute Gasteiger partial charge is 0.231 e. The Hall–Kier alpha value is -1.88. The predicted molar refractivity (Wildman–Crippen MR) is 77.2 cm³/mol. The number of hydrogen-bond donors (Lipinski definition) is 1. The lowest BCUT2D eigenvalue weighted by molar-refractivity contribution is 0.00718. The topological polar surface area (TPSA) is 74.2 Å². The molecule has 1 atom stereocenters. The third-order valence-electron chi connectivity index (χ3n) is 3.14. The van der Waals surface area contributed by atoms with Crippen molar-refractivity contribution < 1.29 is 9.26 Å². The first-order valence-corrected chi connectivity index (χ1v) is 6.60. The second kappa shape index (κ2) is 5.63. The minimum absolute atomic E-state index is 0.0956. The molecule has 2 N–H and O–H groups in total. The predicted octanol–water partition coefficient (Wildman–Crippen LogP) is 2.98. The van der Waals surface area contributed by atoms with Gasteiger partial charge < -0.3 is 15.0 Å². The van der Waals surface area contributed by atoms with Crippen molar-refractivity contribution in [2.45, 2.75) is 33.3 Å². The van der Waals surface area contributed by atoms with Gasteiger partial charge in [-0.15, -0.1) is 0 Å². The molecule has 1 unspecified atom stereocenters. The monoisotopic (exact) mass is 275 g/mol. The largest absolute Gasteiger partial charge is 0.398 e. The number of rotatable bonds is 4. The van der Waals surface area contributed by atoms with Gasteiger partial charge in [-0.2, -0.15) is 4.98 Å². The minimum Gasteiger partial charge on any atom is -0.398 e. The first-order valence-electron chi connectivity index (χ1n) is 6.60. The van der Waals surface area contributed by atoms with E-state index >= 15 is 0 Å². The van der Waals surface area contributed by atoms with E-state index in [1.807, 2.05) is 24.3 Å². The van der Waals surface area contributed by atoms with Gasteiger partial charge in [0.25, 0.3) is 0 Å². The number of benzene rings is 1. The zero-order chi connectivity index (χ0) is 14.8. The molecule has 0 aliphatic rings. The van der Waals surface area contributed by atoms with Crippen molar-refractivity contribution in [1.29, 1.82) is 0 Å². The fourth-order valence-electron chi connectivity index (χ4n) is 2.15. The second-order valence-electron chi connectivity index (χ2n) is 5.90. The quantitative estimate of drug-likeness (QED) is 0.868. The summed E-state index contributed by atoms with van der Waals surface area (Å²) >= 11 is 0. The fraction of sp³-hybridized carbons (Fsp3) is 0.467. The highest BCUT2D eigenvalue weighted by atomic mass is 16.5. The van der Waals surface area contributed by atoms with Gasteiger partial charge in [0.1, 0.15) is 6.10 Å². The Labute approximate surface area is 119 Å². The molecule has 2 aromatic rings. The van der Waals surface area contributed by atoms with Crippen LogP contribution in [-0.4, -0.2) is 17.3 Å². The van der Waals surface area contributed by atoms with Gasteiger partial charge in [-0.3, -0.25) is 0 Å². The summed E-state index contributed by atoms with van der Waals surface area (Å²) in [5, 5.41) is 4.03. The molecular weight excluding hydrogens is 254 g/mol. The van der Waals surface area contributed by atoms with Crippen LogP contribution in [0.4, 0.5) is 5.69 Å². The molecule has 0 radical (unpaired) electrons. The normalized spacial score (nSPS) is 13.4. The standard InChI is InChI=1S/C15H21N3O2/c1-15(2,3)13(19-4)14-17-12(20-18-14)9-10-7-5-6-8-11(10)16/h5-8,13H,9,16H2,1-4H3. The lowest BCUT2D eigenvalue weighted by Crippen LogP contribution is -2.21. The Balaban J connectivity index is 2.19. The maximum absolute atomic E-state index is 5.92. The van der Waals surface area contributed by atoms with Crippen molar-refractivity contribution in [2.75, 3.05) is 12.8 Å². The highest BCUT2D eigenvalue weighted by Crippen LogP contribution is 2.33. The molecule has 2 rings (SSSR count). The number of nitrogens with zero attached hydrogens (tertiary/aromatic N) is 2. The van der Waals surface area contributed by atoms with Crippen molar-refractivity contribution in [3.05, 3.63) is 41.5 Å². The first-order chi connectivity index (χ1) is 9.41. The number of hydrogen-bond acceptors (Lipinski definition) is 5. The number of methoxy groups -OCH3 is 1. The number of ether oxygens (including phenoxy) is 1. The van der Waals surface area contributed by atoms with Crippen LogP contribution in [0.15, 0.2) is 28.8 Å². The van der Waals surface area contributed by atoms with Crippen molar-refractivity contribution in [1.82, 2.24) is 10.1 Å². The summed E-state index contributed by atoms with van der Waals surface area (Å²) in [6.07, 6.45) is 0.327. The molecule has 5 nitrogen and oxygen atoms in total. The third-order valence-corrected chi connectivity index (χ3v) is 3.14. The molecule has 1 aromatic carbocycles. The van der Waals surface area contributed by atoms with Gasteiger partial charge in [0.15, 0.2) is 0 Å². The lowest BCUT2D eigenvalue weighted by atomic mass is 9.88. The maximum Gasteiger partial charge on any atom is 0.231 e. The van der Waals surface area contributed by atoms with Gasteiger partial charge in [0, 0.05) is 12.8 Å². The van der Waals surface area contributed by atoms with E-state index in [1.165, 1.54) is 0 Å². The van der Waals surface area contributed by atoms with Crippen molar-refractivity contribution in [2.24, 2.45) is 5.41 Å². The second-order valence-corrected chi connectivity index (χ2v) is 5.90. The first kappa shape index (κ1) is 14.5. The Morgan fingerprint density at radius 3 is 2.60 bits per heavy atom. The average molecular weight is 275 g/mol. The van der Waals surface area contributed by atoms with Crippen LogP contribution in [-0.2, 0) is 11.2 Å². The summed E-state index contributed by atoms with van der Waals surface area (Å²) in [6.45, 7) is 6.23. The van der Waals surface area contributed by atoms with Crippen LogP contribution < -0.4 is 5.73 Å². The van der Waals surface area contributed by atoms with Crippen molar-refractivity contribution >= 4 is 5.69 Å². The van der Waals surface area contributed by atoms with Gasteiger partial charge in [0.05, 0.1) is 6.42 Å². The Kier molecular flexibility index (Phi) is 4.09. The van der Waals surface area contributed by atoms with Crippen LogP contribution in [0.25, 0.3) is 0 Å². The average Bonchev–Trinajstić information content (AvgIpc) is 2.79. The molecule has 108 valence electrons. The van der Waals surface area contributed by atoms with Gasteiger partial charge in [0.2, 0.25) is 11.7 Å². The van der Waals surface area contributed by atoms with E-state index in [0.29, 0.717) is 18.1 Å². The summed E-state index contributed by atoms with van der Waals surface area (Å²) in [4.78, 5) is 4.43. The van der Waals surface area contributed by atoms with E-state index in [4.69, 9.17) is 15.0 Å². The highest BCUT2D eigenvalue weighted by molar-refractivity contribution is 5.47. The Bertz CT molecular complexity index is 572. The molecule has 5 heteroatoms. The minimum atomic E-state index is -0.201. The van der Waals surface area contributed by atoms with Crippen LogP contribution >= 0.6 is 0 Å². The fourth-order valence-corrected chi connectivity index (χ4v) is 2.15. The van der Waals surface area contributed by atoms with E-state index in [-0.39, 0.29) is 11.5 Å². The molecule has 0 saturated carbocycles. The van der Waals surface area contributed by atoms with Crippen LogP contribution in [0.3, 0.4) is 0 Å². The molecule has 0 aliphatic carbocycles. The van der Waals surface area contributed by atoms with Crippen molar-refractivity contribution in [3.8, 4) is 0 Å². The van der Waals surface area contributed by atoms with Gasteiger partial charge in [-0.1, -0.05) is 44.1 Å². The third kappa shape index (κ3) is 3.17. The van der Waals surface area contributed by atoms with Gasteiger partial charge >= 0.3 is 0 Å².